The van der Waals surface area contributed by atoms with E-state index in [0.29, 0.717) is 18.7 Å². The van der Waals surface area contributed by atoms with Crippen molar-refractivity contribution in [1.82, 2.24) is 0 Å². The Bertz CT molecular complexity index is 294. The van der Waals surface area contributed by atoms with Crippen molar-refractivity contribution in [2.75, 3.05) is 12.8 Å². The van der Waals surface area contributed by atoms with E-state index in [1.807, 2.05) is 6.92 Å². The van der Waals surface area contributed by atoms with Crippen molar-refractivity contribution in [2.45, 2.75) is 59.5 Å². The van der Waals surface area contributed by atoms with E-state index < -0.39 is 13.7 Å². The summed E-state index contributed by atoms with van der Waals surface area (Å²) < 4.78 is 23.3. The Morgan fingerprint density at radius 2 is 1.94 bits per heavy atom. The van der Waals surface area contributed by atoms with E-state index in [4.69, 9.17) is 15.5 Å². The minimum atomic E-state index is -3.01. The van der Waals surface area contributed by atoms with Gasteiger partial charge in [0.2, 0.25) is 0 Å². The molecule has 0 saturated carbocycles. The SMILES string of the molecule is C#CC(C)OP(=O)(CCCC)OCCCC(C)C. The van der Waals surface area contributed by atoms with Crippen LogP contribution in [0.2, 0.25) is 0 Å². The summed E-state index contributed by atoms with van der Waals surface area (Å²) >= 11 is 0. The third-order valence-corrected chi connectivity index (χ3v) is 4.63. The summed E-state index contributed by atoms with van der Waals surface area (Å²) in [5.41, 5.74) is 0. The first kappa shape index (κ1) is 17.7. The third-order valence-electron chi connectivity index (χ3n) is 2.55. The molecule has 2 atom stereocenters. The summed E-state index contributed by atoms with van der Waals surface area (Å²) in [5.74, 6) is 3.06. The highest BCUT2D eigenvalue weighted by Crippen LogP contribution is 2.50. The number of rotatable bonds is 10. The van der Waals surface area contributed by atoms with Crippen molar-refractivity contribution in [2.24, 2.45) is 5.92 Å². The lowest BCUT2D eigenvalue weighted by atomic mass is 10.1. The first-order valence-corrected chi connectivity index (χ1v) is 8.54. The Morgan fingerprint density at radius 1 is 1.28 bits per heavy atom. The molecule has 0 amide bonds. The number of unbranched alkanes of at least 4 members (excludes halogenated alkanes) is 1. The van der Waals surface area contributed by atoms with E-state index >= 15 is 0 Å². The van der Waals surface area contributed by atoms with Crippen LogP contribution in [-0.4, -0.2) is 18.9 Å². The fourth-order valence-corrected chi connectivity index (χ4v) is 3.41. The van der Waals surface area contributed by atoms with Crippen molar-refractivity contribution in [3.05, 3.63) is 0 Å². The highest BCUT2D eigenvalue weighted by atomic mass is 31.2. The van der Waals surface area contributed by atoms with Gasteiger partial charge in [0.25, 0.3) is 0 Å². The molecule has 4 heteroatoms. The second kappa shape index (κ2) is 9.62. The largest absolute Gasteiger partial charge is 0.331 e. The van der Waals surface area contributed by atoms with Crippen molar-refractivity contribution in [3.8, 4) is 12.3 Å². The molecule has 0 heterocycles. The van der Waals surface area contributed by atoms with Gasteiger partial charge in [-0.1, -0.05) is 33.1 Å². The summed E-state index contributed by atoms with van der Waals surface area (Å²) in [6.07, 6.45) is 9.02. The van der Waals surface area contributed by atoms with Crippen molar-refractivity contribution in [3.63, 3.8) is 0 Å². The van der Waals surface area contributed by atoms with E-state index in [9.17, 15) is 4.57 Å². The van der Waals surface area contributed by atoms with Gasteiger partial charge in [-0.2, -0.15) is 0 Å². The van der Waals surface area contributed by atoms with Gasteiger partial charge in [0.15, 0.2) is 0 Å². The van der Waals surface area contributed by atoms with Crippen LogP contribution in [0.4, 0.5) is 0 Å². The summed E-state index contributed by atoms with van der Waals surface area (Å²) in [7, 11) is -3.01. The first-order chi connectivity index (χ1) is 8.43. The van der Waals surface area contributed by atoms with E-state index in [2.05, 4.69) is 19.8 Å². The van der Waals surface area contributed by atoms with Gasteiger partial charge in [-0.15, -0.1) is 6.42 Å². The topological polar surface area (TPSA) is 35.5 Å². The van der Waals surface area contributed by atoms with Gasteiger partial charge in [-0.3, -0.25) is 9.09 Å². The molecule has 106 valence electrons. The average Bonchev–Trinajstić information content (AvgIpc) is 2.32. The maximum Gasteiger partial charge on any atom is 0.331 e. The van der Waals surface area contributed by atoms with Crippen LogP contribution in [0.5, 0.6) is 0 Å². The van der Waals surface area contributed by atoms with Gasteiger partial charge in [0, 0.05) is 0 Å². The monoisotopic (exact) mass is 274 g/mol. The lowest BCUT2D eigenvalue weighted by Crippen LogP contribution is -2.09. The summed E-state index contributed by atoms with van der Waals surface area (Å²) in [6, 6.07) is 0. The molecule has 0 radical (unpaired) electrons. The molecule has 18 heavy (non-hydrogen) atoms. The average molecular weight is 274 g/mol. The van der Waals surface area contributed by atoms with Crippen LogP contribution in [0.25, 0.3) is 0 Å². The van der Waals surface area contributed by atoms with E-state index in [-0.39, 0.29) is 0 Å². The van der Waals surface area contributed by atoms with E-state index in [0.717, 1.165) is 25.7 Å². The van der Waals surface area contributed by atoms with Crippen molar-refractivity contribution < 1.29 is 13.6 Å². The normalized spacial score (nSPS) is 16.2. The molecule has 0 aromatic rings. The Hall–Kier alpha value is -0.290. The van der Waals surface area contributed by atoms with E-state index in [1.54, 1.807) is 6.92 Å². The van der Waals surface area contributed by atoms with Crippen LogP contribution in [0.3, 0.4) is 0 Å². The Labute approximate surface area is 112 Å². The van der Waals surface area contributed by atoms with Crippen LogP contribution in [0.1, 0.15) is 53.4 Å². The predicted molar refractivity (Wildman–Crippen MR) is 76.8 cm³/mol. The molecular weight excluding hydrogens is 247 g/mol. The smallest absolute Gasteiger partial charge is 0.309 e. The van der Waals surface area contributed by atoms with E-state index in [1.165, 1.54) is 0 Å². The molecule has 0 fully saturated rings. The molecule has 0 saturated heterocycles. The molecule has 0 spiro atoms. The maximum atomic E-state index is 12.4. The molecule has 0 rings (SSSR count). The van der Waals surface area contributed by atoms with Crippen LogP contribution in [0, 0.1) is 18.3 Å². The standard InChI is InChI=1S/C14H27O3P/c1-6-8-12-18(15,17-14(5)7-2)16-11-9-10-13(3)4/h2,13-14H,6,8-12H2,1,3-5H3. The minimum absolute atomic E-state index is 0.456. The van der Waals surface area contributed by atoms with Crippen LogP contribution in [0.15, 0.2) is 0 Å². The second-order valence-electron chi connectivity index (χ2n) is 4.97. The van der Waals surface area contributed by atoms with Crippen LogP contribution in [-0.2, 0) is 13.6 Å². The van der Waals surface area contributed by atoms with Crippen molar-refractivity contribution >= 4 is 7.60 Å². The summed E-state index contributed by atoms with van der Waals surface area (Å²) in [5, 5.41) is 0. The zero-order chi connectivity index (χ0) is 14.0. The number of hydrogen-bond donors (Lipinski definition) is 0. The molecule has 0 aliphatic heterocycles. The molecule has 0 aliphatic rings. The van der Waals surface area contributed by atoms with Gasteiger partial charge in [-0.05, 0) is 32.1 Å². The third kappa shape index (κ3) is 8.75. The molecular formula is C14H27O3P. The number of terminal acetylenes is 1. The van der Waals surface area contributed by atoms with Gasteiger partial charge in [0.05, 0.1) is 12.8 Å². The zero-order valence-electron chi connectivity index (χ0n) is 12.1. The highest BCUT2D eigenvalue weighted by molar-refractivity contribution is 7.53. The lowest BCUT2D eigenvalue weighted by molar-refractivity contribution is 0.182. The molecule has 0 aliphatic carbocycles. The highest BCUT2D eigenvalue weighted by Gasteiger charge is 2.25. The quantitative estimate of drug-likeness (QED) is 0.335. The molecule has 0 bridgehead atoms. The van der Waals surface area contributed by atoms with Gasteiger partial charge >= 0.3 is 7.60 Å². The molecule has 0 aromatic heterocycles. The van der Waals surface area contributed by atoms with Gasteiger partial charge < -0.3 is 4.52 Å². The Kier molecular flexibility index (Phi) is 9.46. The van der Waals surface area contributed by atoms with Gasteiger partial charge in [0.1, 0.15) is 6.10 Å². The summed E-state index contributed by atoms with van der Waals surface area (Å²) in [6.45, 7) is 8.57. The summed E-state index contributed by atoms with van der Waals surface area (Å²) in [4.78, 5) is 0. The zero-order valence-corrected chi connectivity index (χ0v) is 13.0. The predicted octanol–water partition coefficient (Wildman–Crippen LogP) is 4.47. The van der Waals surface area contributed by atoms with Crippen molar-refractivity contribution in [1.29, 1.82) is 0 Å². The molecule has 2 unspecified atom stereocenters. The second-order valence-corrected chi connectivity index (χ2v) is 7.11. The first-order valence-electron chi connectivity index (χ1n) is 6.81. The lowest BCUT2D eigenvalue weighted by Gasteiger charge is -2.20. The van der Waals surface area contributed by atoms with Crippen LogP contribution >= 0.6 is 7.60 Å². The fourth-order valence-electron chi connectivity index (χ4n) is 1.47. The maximum absolute atomic E-state index is 12.4. The number of hydrogen-bond acceptors (Lipinski definition) is 3. The molecule has 0 N–H and O–H groups in total. The minimum Gasteiger partial charge on any atom is -0.309 e. The molecule has 3 nitrogen and oxygen atoms in total. The Morgan fingerprint density at radius 3 is 2.44 bits per heavy atom. The molecule has 0 aromatic carbocycles. The Balaban J connectivity index is 4.21. The fraction of sp³-hybridized carbons (Fsp3) is 0.857. The van der Waals surface area contributed by atoms with Gasteiger partial charge in [-0.25, -0.2) is 0 Å². The van der Waals surface area contributed by atoms with Crippen LogP contribution < -0.4 is 0 Å².